The van der Waals surface area contributed by atoms with Gasteiger partial charge in [-0.3, -0.25) is 4.79 Å². The van der Waals surface area contributed by atoms with Gasteiger partial charge in [0.1, 0.15) is 17.2 Å². The molecule has 0 radical (unpaired) electrons. The van der Waals surface area contributed by atoms with Crippen molar-refractivity contribution in [2.24, 2.45) is 4.99 Å². The number of thioether (sulfide) groups is 1. The zero-order valence-electron chi connectivity index (χ0n) is 21.5. The number of amidine groups is 1. The molecule has 0 spiro atoms. The number of rotatable bonds is 7. The number of para-hydroxylation sites is 1. The van der Waals surface area contributed by atoms with Gasteiger partial charge in [0, 0.05) is 17.8 Å². The van der Waals surface area contributed by atoms with E-state index in [1.807, 2.05) is 55.3 Å². The number of hydrogen-bond donors (Lipinski definition) is 1. The lowest BCUT2D eigenvalue weighted by Crippen LogP contribution is -2.39. The second kappa shape index (κ2) is 10.8. The second-order valence-corrected chi connectivity index (χ2v) is 10.6. The summed E-state index contributed by atoms with van der Waals surface area (Å²) in [5.41, 5.74) is 2.51. The number of aliphatic imine (C=N–C) groups is 1. The summed E-state index contributed by atoms with van der Waals surface area (Å²) in [6.07, 6.45) is 0.0690. The molecule has 194 valence electrons. The highest BCUT2D eigenvalue weighted by atomic mass is 32.2. The van der Waals surface area contributed by atoms with Crippen molar-refractivity contribution < 1.29 is 23.5 Å². The van der Waals surface area contributed by atoms with Crippen LogP contribution in [0.3, 0.4) is 0 Å². The first-order chi connectivity index (χ1) is 17.6. The lowest BCUT2D eigenvalue weighted by atomic mass is 9.93. The van der Waals surface area contributed by atoms with Gasteiger partial charge in [-0.2, -0.15) is 0 Å². The van der Waals surface area contributed by atoms with Crippen molar-refractivity contribution in [3.8, 4) is 5.75 Å². The Morgan fingerprint density at radius 2 is 1.84 bits per heavy atom. The number of allylic oxidation sites excluding steroid dienone is 1. The summed E-state index contributed by atoms with van der Waals surface area (Å²) >= 11 is 1.40. The molecule has 0 unspecified atom stereocenters. The first-order valence-electron chi connectivity index (χ1n) is 11.9. The van der Waals surface area contributed by atoms with E-state index in [4.69, 9.17) is 14.5 Å². The number of amides is 1. The Morgan fingerprint density at radius 3 is 2.51 bits per heavy atom. The van der Waals surface area contributed by atoms with E-state index in [1.165, 1.54) is 23.9 Å². The normalized spacial score (nSPS) is 17.1. The fourth-order valence-corrected chi connectivity index (χ4v) is 5.14. The molecule has 0 aromatic heterocycles. The molecule has 0 bridgehead atoms. The molecule has 1 atom stereocenters. The third kappa shape index (κ3) is 6.05. The smallest absolute Gasteiger partial charge is 0.338 e. The van der Waals surface area contributed by atoms with Crippen molar-refractivity contribution in [3.63, 3.8) is 0 Å². The molecule has 0 saturated carbocycles. The van der Waals surface area contributed by atoms with Gasteiger partial charge in [0.2, 0.25) is 5.91 Å². The summed E-state index contributed by atoms with van der Waals surface area (Å²) in [6, 6.07) is 12.9. The van der Waals surface area contributed by atoms with Crippen molar-refractivity contribution in [2.45, 2.75) is 52.3 Å². The molecule has 2 aliphatic heterocycles. The first-order valence-corrected chi connectivity index (χ1v) is 12.8. The molecule has 7 nitrogen and oxygen atoms in total. The van der Waals surface area contributed by atoms with Crippen molar-refractivity contribution >= 4 is 28.8 Å². The number of halogens is 1. The summed E-state index contributed by atoms with van der Waals surface area (Å²) < 4.78 is 24.6. The van der Waals surface area contributed by atoms with Crippen molar-refractivity contribution in [2.75, 3.05) is 7.11 Å². The third-order valence-electron chi connectivity index (χ3n) is 5.80. The highest BCUT2D eigenvalue weighted by Gasteiger charge is 2.42. The Hall–Kier alpha value is -3.59. The SMILES string of the molecule is COc1ccccc1[C@@H]1C(C(=O)OC(C)(C)C)=C(C)N=C2SC=C(CC(=O)NCc3ccc(F)cc3)N21. The molecule has 0 fully saturated rings. The van der Waals surface area contributed by atoms with E-state index in [1.54, 1.807) is 26.2 Å². The highest BCUT2D eigenvalue weighted by molar-refractivity contribution is 8.16. The number of carbonyl (C=O) groups excluding carboxylic acids is 2. The predicted molar refractivity (Wildman–Crippen MR) is 142 cm³/mol. The molecule has 37 heavy (non-hydrogen) atoms. The number of nitrogens with one attached hydrogen (secondary N) is 1. The molecule has 9 heteroatoms. The van der Waals surface area contributed by atoms with E-state index < -0.39 is 17.6 Å². The predicted octanol–water partition coefficient (Wildman–Crippen LogP) is 5.46. The van der Waals surface area contributed by atoms with E-state index in [2.05, 4.69) is 5.32 Å². The fraction of sp³-hybridized carbons (Fsp3) is 0.321. The zero-order chi connectivity index (χ0) is 26.7. The Balaban J connectivity index is 1.64. The number of carbonyl (C=O) groups is 2. The number of fused-ring (bicyclic) bond motifs is 1. The lowest BCUT2D eigenvalue weighted by molar-refractivity contribution is -0.150. The van der Waals surface area contributed by atoms with Crippen LogP contribution in [0.2, 0.25) is 0 Å². The summed E-state index contributed by atoms with van der Waals surface area (Å²) in [7, 11) is 1.58. The minimum absolute atomic E-state index is 0.0690. The monoisotopic (exact) mass is 523 g/mol. The van der Waals surface area contributed by atoms with E-state index in [9.17, 15) is 14.0 Å². The van der Waals surface area contributed by atoms with Crippen LogP contribution >= 0.6 is 11.8 Å². The molecule has 0 saturated heterocycles. The van der Waals surface area contributed by atoms with Crippen molar-refractivity contribution in [1.82, 2.24) is 10.2 Å². The fourth-order valence-electron chi connectivity index (χ4n) is 4.18. The largest absolute Gasteiger partial charge is 0.496 e. The average Bonchev–Trinajstić information content (AvgIpc) is 3.23. The van der Waals surface area contributed by atoms with Crippen LogP contribution in [0.15, 0.2) is 75.9 Å². The van der Waals surface area contributed by atoms with Crippen LogP contribution in [0.5, 0.6) is 5.75 Å². The van der Waals surface area contributed by atoms with E-state index >= 15 is 0 Å². The Bertz CT molecular complexity index is 1300. The number of methoxy groups -OCH3 is 1. The average molecular weight is 524 g/mol. The van der Waals surface area contributed by atoms with Gasteiger partial charge < -0.3 is 19.7 Å². The van der Waals surface area contributed by atoms with Gasteiger partial charge in [0.25, 0.3) is 0 Å². The van der Waals surface area contributed by atoms with Gasteiger partial charge >= 0.3 is 5.97 Å². The second-order valence-electron chi connectivity index (χ2n) is 9.72. The third-order valence-corrected chi connectivity index (χ3v) is 6.69. The standard InChI is InChI=1S/C28H30FN3O4S/c1-17-24(26(34)36-28(2,3)4)25(21-8-6-7-9-22(21)35-5)32-20(16-37-27(32)31-17)14-23(33)30-15-18-10-12-19(29)13-11-18/h6-13,16,25H,14-15H2,1-5H3,(H,30,33)/t25-/m1/s1. The van der Waals surface area contributed by atoms with E-state index in [0.717, 1.165) is 11.1 Å². The van der Waals surface area contributed by atoms with Crippen molar-refractivity contribution in [1.29, 1.82) is 0 Å². The summed E-state index contributed by atoms with van der Waals surface area (Å²) in [5.74, 6) is -0.395. The quantitative estimate of drug-likeness (QED) is 0.486. The van der Waals surface area contributed by atoms with Crippen LogP contribution in [0.1, 0.15) is 51.3 Å². The van der Waals surface area contributed by atoms with Gasteiger partial charge in [-0.25, -0.2) is 14.2 Å². The van der Waals surface area contributed by atoms with Crippen LogP contribution in [0.25, 0.3) is 0 Å². The van der Waals surface area contributed by atoms with Gasteiger partial charge in [-0.05, 0) is 56.9 Å². The van der Waals surface area contributed by atoms with Gasteiger partial charge in [0.05, 0.1) is 30.8 Å². The van der Waals surface area contributed by atoms with Gasteiger partial charge in [0.15, 0.2) is 5.17 Å². The maximum atomic E-state index is 13.5. The molecular formula is C28H30FN3O4S. The molecule has 2 aromatic carbocycles. The molecule has 2 heterocycles. The van der Waals surface area contributed by atoms with Crippen molar-refractivity contribution in [3.05, 3.63) is 87.9 Å². The Labute approximate surface area is 220 Å². The Morgan fingerprint density at radius 1 is 1.14 bits per heavy atom. The molecule has 2 aliphatic rings. The molecule has 1 N–H and O–H groups in total. The van der Waals surface area contributed by atoms with Gasteiger partial charge in [-0.15, -0.1) is 0 Å². The minimum Gasteiger partial charge on any atom is -0.496 e. The topological polar surface area (TPSA) is 80.2 Å². The van der Waals surface area contributed by atoms with Crippen LogP contribution in [-0.2, 0) is 20.9 Å². The summed E-state index contributed by atoms with van der Waals surface area (Å²) in [4.78, 5) is 33.0. The number of benzene rings is 2. The highest BCUT2D eigenvalue weighted by Crippen LogP contribution is 2.47. The van der Waals surface area contributed by atoms with Crippen LogP contribution < -0.4 is 10.1 Å². The van der Waals surface area contributed by atoms with Crippen LogP contribution in [0, 0.1) is 5.82 Å². The number of esters is 1. The van der Waals surface area contributed by atoms with Gasteiger partial charge in [-0.1, -0.05) is 42.1 Å². The molecule has 4 rings (SSSR count). The Kier molecular flexibility index (Phi) is 7.73. The minimum atomic E-state index is -0.696. The lowest BCUT2D eigenvalue weighted by Gasteiger charge is -2.37. The van der Waals surface area contributed by atoms with E-state index in [0.29, 0.717) is 27.9 Å². The maximum Gasteiger partial charge on any atom is 0.338 e. The first kappa shape index (κ1) is 26.5. The molecular weight excluding hydrogens is 493 g/mol. The molecule has 0 aliphatic carbocycles. The number of ether oxygens (including phenoxy) is 2. The number of nitrogens with zero attached hydrogens (tertiary/aromatic N) is 2. The molecule has 2 aromatic rings. The summed E-state index contributed by atoms with van der Waals surface area (Å²) in [5, 5.41) is 5.43. The van der Waals surface area contributed by atoms with E-state index in [-0.39, 0.29) is 24.7 Å². The van der Waals surface area contributed by atoms with Crippen LogP contribution in [-0.4, -0.2) is 34.7 Å². The zero-order valence-corrected chi connectivity index (χ0v) is 22.3. The molecule has 1 amide bonds. The summed E-state index contributed by atoms with van der Waals surface area (Å²) in [6.45, 7) is 7.52. The number of hydrogen-bond acceptors (Lipinski definition) is 7. The van der Waals surface area contributed by atoms with Crippen LogP contribution in [0.4, 0.5) is 4.39 Å². The maximum absolute atomic E-state index is 13.5.